The lowest BCUT2D eigenvalue weighted by Gasteiger charge is -2.24. The van der Waals surface area contributed by atoms with Crippen molar-refractivity contribution in [3.8, 4) is 0 Å². The normalized spacial score (nSPS) is 10.9. The van der Waals surface area contributed by atoms with E-state index < -0.39 is 17.6 Å². The Morgan fingerprint density at radius 1 is 1.26 bits per heavy atom. The number of aromatic nitrogens is 1. The van der Waals surface area contributed by atoms with Crippen molar-refractivity contribution in [1.82, 2.24) is 9.69 Å². The molecule has 0 aliphatic rings. The van der Waals surface area contributed by atoms with Gasteiger partial charge in [0.2, 0.25) is 0 Å². The molecule has 0 bridgehead atoms. The van der Waals surface area contributed by atoms with Gasteiger partial charge >= 0.3 is 12.1 Å². The zero-order valence-electron chi connectivity index (χ0n) is 13.2. The summed E-state index contributed by atoms with van der Waals surface area (Å²) in [5.41, 5.74) is 0.818. The largest absolute Gasteiger partial charge is 0.465 e. The van der Waals surface area contributed by atoms with Crippen molar-refractivity contribution in [2.75, 3.05) is 7.11 Å². The Morgan fingerprint density at radius 2 is 1.96 bits per heavy atom. The van der Waals surface area contributed by atoms with Crippen LogP contribution in [0.3, 0.4) is 0 Å². The minimum absolute atomic E-state index is 0.170. The molecule has 1 aromatic carbocycles. The number of rotatable bonds is 5. The molecule has 0 unspecified atom stereocenters. The fourth-order valence-electron chi connectivity index (χ4n) is 2.02. The summed E-state index contributed by atoms with van der Waals surface area (Å²) in [6.07, 6.45) is -0.581. The van der Waals surface area contributed by atoms with E-state index in [0.29, 0.717) is 11.3 Å². The summed E-state index contributed by atoms with van der Waals surface area (Å²) in [4.78, 5) is 23.7. The summed E-state index contributed by atoms with van der Waals surface area (Å²) in [6, 6.07) is 9.38. The quantitative estimate of drug-likeness (QED) is 0.850. The van der Waals surface area contributed by atoms with Gasteiger partial charge in [0.1, 0.15) is 6.61 Å². The smallest absolute Gasteiger partial charge is 0.408 e. The highest BCUT2D eigenvalue weighted by Crippen LogP contribution is 2.25. The number of carbonyl (C=O) groups excluding carboxylic acids is 2. The molecule has 0 spiro atoms. The number of ether oxygens (including phenoxy) is 2. The van der Waals surface area contributed by atoms with Crippen molar-refractivity contribution in [3.05, 3.63) is 52.5 Å². The lowest BCUT2D eigenvalue weighted by Crippen LogP contribution is -2.42. The molecule has 122 valence electrons. The molecule has 0 saturated carbocycles. The number of alkyl carbamates (subject to hydrolysis) is 1. The molecule has 0 aliphatic heterocycles. The Kier molecular flexibility index (Phi) is 5.33. The molecule has 0 aliphatic carbocycles. The van der Waals surface area contributed by atoms with Crippen LogP contribution in [0.5, 0.6) is 0 Å². The average Bonchev–Trinajstić information content (AvgIpc) is 3.03. The third-order valence-corrected chi connectivity index (χ3v) is 3.82. The van der Waals surface area contributed by atoms with Gasteiger partial charge in [0.25, 0.3) is 0 Å². The van der Waals surface area contributed by atoms with Crippen molar-refractivity contribution in [1.29, 1.82) is 0 Å². The molecule has 1 aromatic heterocycles. The van der Waals surface area contributed by atoms with E-state index in [4.69, 9.17) is 9.47 Å². The summed E-state index contributed by atoms with van der Waals surface area (Å²) < 4.78 is 14.1. The van der Waals surface area contributed by atoms with E-state index in [2.05, 4.69) is 9.69 Å². The first-order valence-electron chi connectivity index (χ1n) is 6.96. The summed E-state index contributed by atoms with van der Waals surface area (Å²) in [5, 5.41) is 4.32. The first-order chi connectivity index (χ1) is 10.9. The van der Waals surface area contributed by atoms with Crippen LogP contribution in [0.2, 0.25) is 0 Å². The molecular formula is C16H18N2O4S. The van der Waals surface area contributed by atoms with Crippen molar-refractivity contribution in [2.45, 2.75) is 26.0 Å². The highest BCUT2D eigenvalue weighted by atomic mass is 32.1. The van der Waals surface area contributed by atoms with Crippen molar-refractivity contribution in [2.24, 2.45) is 0 Å². The lowest BCUT2D eigenvalue weighted by molar-refractivity contribution is 0.0596. The maximum absolute atomic E-state index is 12.0. The van der Waals surface area contributed by atoms with Crippen LogP contribution in [0.4, 0.5) is 4.79 Å². The molecular weight excluding hydrogens is 316 g/mol. The third kappa shape index (κ3) is 4.29. The minimum Gasteiger partial charge on any atom is -0.465 e. The molecule has 6 nitrogen and oxygen atoms in total. The topological polar surface area (TPSA) is 77.5 Å². The number of hydrogen-bond acceptors (Lipinski definition) is 6. The van der Waals surface area contributed by atoms with Crippen LogP contribution in [0.25, 0.3) is 0 Å². The zero-order valence-corrected chi connectivity index (χ0v) is 14.0. The SMILES string of the molecule is COC(=O)c1csnc1C(C)(C)NC(=O)OCc1ccccc1. The van der Waals surface area contributed by atoms with Gasteiger partial charge < -0.3 is 14.8 Å². The van der Waals surface area contributed by atoms with Gasteiger partial charge in [-0.05, 0) is 30.9 Å². The average molecular weight is 334 g/mol. The molecule has 23 heavy (non-hydrogen) atoms. The number of hydrogen-bond donors (Lipinski definition) is 1. The summed E-state index contributed by atoms with van der Waals surface area (Å²) in [6.45, 7) is 3.67. The first-order valence-corrected chi connectivity index (χ1v) is 7.79. The monoisotopic (exact) mass is 334 g/mol. The number of nitrogens with one attached hydrogen (secondary N) is 1. The van der Waals surface area contributed by atoms with Crippen LogP contribution in [-0.2, 0) is 21.6 Å². The fraction of sp³-hybridized carbons (Fsp3) is 0.312. The van der Waals surface area contributed by atoms with E-state index in [0.717, 1.165) is 17.1 Å². The van der Waals surface area contributed by atoms with Gasteiger partial charge in [0.05, 0.1) is 23.9 Å². The molecule has 0 atom stereocenters. The Bertz CT molecular complexity index is 682. The number of amides is 1. The highest BCUT2D eigenvalue weighted by molar-refractivity contribution is 7.04. The highest BCUT2D eigenvalue weighted by Gasteiger charge is 2.31. The van der Waals surface area contributed by atoms with Crippen LogP contribution in [0.1, 0.15) is 35.5 Å². The fourth-order valence-corrected chi connectivity index (χ4v) is 2.81. The van der Waals surface area contributed by atoms with Gasteiger partial charge in [-0.25, -0.2) is 9.59 Å². The van der Waals surface area contributed by atoms with Gasteiger partial charge in [-0.15, -0.1) is 0 Å². The number of esters is 1. The number of methoxy groups -OCH3 is 1. The van der Waals surface area contributed by atoms with Crippen LogP contribution in [0, 0.1) is 0 Å². The maximum atomic E-state index is 12.0. The number of benzene rings is 1. The number of nitrogens with zero attached hydrogens (tertiary/aromatic N) is 1. The molecule has 7 heteroatoms. The van der Waals surface area contributed by atoms with E-state index in [1.807, 2.05) is 30.3 Å². The molecule has 2 rings (SSSR count). The van der Waals surface area contributed by atoms with Crippen LogP contribution in [-0.4, -0.2) is 23.5 Å². The van der Waals surface area contributed by atoms with E-state index in [1.165, 1.54) is 7.11 Å². The van der Waals surface area contributed by atoms with Crippen LogP contribution in [0.15, 0.2) is 35.7 Å². The second kappa shape index (κ2) is 7.23. The molecule has 0 fully saturated rings. The minimum atomic E-state index is -0.864. The maximum Gasteiger partial charge on any atom is 0.408 e. The van der Waals surface area contributed by atoms with Gasteiger partial charge in [0, 0.05) is 5.38 Å². The molecule has 1 N–H and O–H groups in total. The van der Waals surface area contributed by atoms with Crippen molar-refractivity contribution < 1.29 is 19.1 Å². The van der Waals surface area contributed by atoms with E-state index in [9.17, 15) is 9.59 Å². The molecule has 0 saturated heterocycles. The number of carbonyl (C=O) groups is 2. The molecule has 0 radical (unpaired) electrons. The van der Waals surface area contributed by atoms with Gasteiger partial charge in [-0.2, -0.15) is 4.37 Å². The summed E-state index contributed by atoms with van der Waals surface area (Å²) in [5.74, 6) is -0.485. The zero-order chi connectivity index (χ0) is 16.9. The van der Waals surface area contributed by atoms with Crippen molar-refractivity contribution in [3.63, 3.8) is 0 Å². The van der Waals surface area contributed by atoms with Gasteiger partial charge in [-0.1, -0.05) is 30.3 Å². The van der Waals surface area contributed by atoms with E-state index in [-0.39, 0.29) is 6.61 Å². The van der Waals surface area contributed by atoms with Gasteiger partial charge in [0.15, 0.2) is 0 Å². The van der Waals surface area contributed by atoms with Gasteiger partial charge in [-0.3, -0.25) is 0 Å². The van der Waals surface area contributed by atoms with Crippen molar-refractivity contribution >= 4 is 23.6 Å². The van der Waals surface area contributed by atoms with Crippen LogP contribution >= 0.6 is 11.5 Å². The molecule has 2 aromatic rings. The van der Waals surface area contributed by atoms with Crippen LogP contribution < -0.4 is 5.32 Å². The standard InChI is InChI=1S/C16H18N2O4S/c1-16(2,13-12(10-23-18-13)14(19)21-3)17-15(20)22-9-11-7-5-4-6-8-11/h4-8,10H,9H2,1-3H3,(H,17,20). The van der Waals surface area contributed by atoms with E-state index >= 15 is 0 Å². The summed E-state index contributed by atoms with van der Waals surface area (Å²) in [7, 11) is 1.30. The Morgan fingerprint density at radius 3 is 2.61 bits per heavy atom. The third-order valence-electron chi connectivity index (χ3n) is 3.19. The first kappa shape index (κ1) is 17.0. The summed E-state index contributed by atoms with van der Waals surface area (Å²) >= 11 is 1.13. The Balaban J connectivity index is 2.02. The Labute approximate surface area is 138 Å². The predicted molar refractivity (Wildman–Crippen MR) is 86.2 cm³/mol. The lowest BCUT2D eigenvalue weighted by atomic mass is 9.97. The second-order valence-corrected chi connectivity index (χ2v) is 6.01. The van der Waals surface area contributed by atoms with E-state index in [1.54, 1.807) is 19.2 Å². The molecule has 1 amide bonds. The second-order valence-electron chi connectivity index (χ2n) is 5.38. The molecule has 1 heterocycles. The Hall–Kier alpha value is -2.41. The predicted octanol–water partition coefficient (Wildman–Crippen LogP) is 3.09.